The number of para-hydroxylation sites is 1. The summed E-state index contributed by atoms with van der Waals surface area (Å²) < 4.78 is 5.79. The van der Waals surface area contributed by atoms with Gasteiger partial charge in [-0.3, -0.25) is 19.2 Å². The molecular weight excluding hydrogens is 544 g/mol. The number of rotatable bonds is 10. The van der Waals surface area contributed by atoms with Crippen LogP contribution in [0.15, 0.2) is 52.3 Å². The number of allylic oxidation sites excluding steroid dienone is 4. The van der Waals surface area contributed by atoms with Crippen LogP contribution in [0, 0.1) is 6.92 Å². The molecule has 9 nitrogen and oxygen atoms in total. The number of aromatic hydroxyl groups is 2. The molecule has 1 aliphatic carbocycles. The first-order chi connectivity index (χ1) is 19.4. The first-order valence-corrected chi connectivity index (χ1v) is 14.6. The number of amides is 1. The molecule has 2 aromatic carbocycles. The van der Waals surface area contributed by atoms with Crippen LogP contribution in [0.3, 0.4) is 0 Å². The predicted octanol–water partition coefficient (Wildman–Crippen LogP) is 5.08. The van der Waals surface area contributed by atoms with Crippen molar-refractivity contribution in [2.24, 2.45) is 0 Å². The first-order valence-electron chi connectivity index (χ1n) is 13.4. The number of ether oxygens (including phenoxy) is 1. The lowest BCUT2D eigenvalue weighted by Gasteiger charge is -2.29. The van der Waals surface area contributed by atoms with Gasteiger partial charge >= 0.3 is 0 Å². The minimum absolute atomic E-state index is 0.000260. The number of benzene rings is 2. The Labute approximate surface area is 243 Å². The normalized spacial score (nSPS) is 18.7. The number of Topliss-reactive ketones (excluding diaryl/α,β-unsaturated/α-hetero) is 2. The van der Waals surface area contributed by atoms with Crippen molar-refractivity contribution in [1.82, 2.24) is 5.32 Å². The van der Waals surface area contributed by atoms with Crippen molar-refractivity contribution in [2.45, 2.75) is 63.7 Å². The van der Waals surface area contributed by atoms with Crippen LogP contribution in [-0.2, 0) is 19.8 Å². The summed E-state index contributed by atoms with van der Waals surface area (Å²) in [7, 11) is 0. The van der Waals surface area contributed by atoms with Crippen LogP contribution in [0.4, 0.5) is 5.69 Å². The van der Waals surface area contributed by atoms with Crippen molar-refractivity contribution in [3.63, 3.8) is 0 Å². The fourth-order valence-electron chi connectivity index (χ4n) is 5.27. The van der Waals surface area contributed by atoms with Gasteiger partial charge in [0.1, 0.15) is 34.0 Å². The zero-order chi connectivity index (χ0) is 30.1. The van der Waals surface area contributed by atoms with E-state index in [9.17, 15) is 29.4 Å². The topological polar surface area (TPSA) is 142 Å². The monoisotopic (exact) mass is 578 g/mol. The maximum Gasteiger partial charge on any atom is 0.224 e. The molecule has 2 aliphatic rings. The Kier molecular flexibility index (Phi) is 8.63. The van der Waals surface area contributed by atoms with Crippen molar-refractivity contribution < 1.29 is 34.1 Å². The number of fused-ring (bicyclic) bond motifs is 3. The number of thioether (sulfide) groups is 1. The molecule has 1 aliphatic heterocycles. The summed E-state index contributed by atoms with van der Waals surface area (Å²) in [6, 6.07) is 7.64. The third-order valence-electron chi connectivity index (χ3n) is 7.61. The molecular formula is C31H34N2O7S. The van der Waals surface area contributed by atoms with E-state index in [-0.39, 0.29) is 45.4 Å². The average Bonchev–Trinajstić information content (AvgIpc) is 3.22. The molecule has 0 saturated carbocycles. The van der Waals surface area contributed by atoms with E-state index in [0.29, 0.717) is 31.5 Å². The minimum atomic E-state index is -1.55. The Morgan fingerprint density at radius 2 is 1.76 bits per heavy atom. The Morgan fingerprint density at radius 3 is 2.44 bits per heavy atom. The quantitative estimate of drug-likeness (QED) is 0.0998. The molecule has 4 N–H and O–H groups in total. The summed E-state index contributed by atoms with van der Waals surface area (Å²) in [5.41, 5.74) is -0.453. The number of carbonyl (C=O) groups is 4. The van der Waals surface area contributed by atoms with Crippen molar-refractivity contribution in [1.29, 1.82) is 0 Å². The largest absolute Gasteiger partial charge is 0.507 e. The van der Waals surface area contributed by atoms with Gasteiger partial charge in [0.2, 0.25) is 5.91 Å². The number of hydrogen-bond acceptors (Lipinski definition) is 9. The molecule has 4 rings (SSSR count). The number of phenolic OH excluding ortho intramolecular Hbond substituents is 2. The van der Waals surface area contributed by atoms with Gasteiger partial charge in [-0.05, 0) is 58.9 Å². The zero-order valence-electron chi connectivity index (χ0n) is 23.8. The smallest absolute Gasteiger partial charge is 0.224 e. The molecule has 41 heavy (non-hydrogen) atoms. The van der Waals surface area contributed by atoms with Gasteiger partial charge in [0.05, 0.1) is 16.8 Å². The second-order valence-corrected chi connectivity index (χ2v) is 11.2. The SMILES string of the molecule is CSc1ccccc1NC(=O)CCCCCN/C(C)=C1\C(=O)C=C2Oc3c(C(C)=O)c(O)c(C)c(O)c3C2(C)C1=O. The zero-order valence-corrected chi connectivity index (χ0v) is 24.6. The van der Waals surface area contributed by atoms with E-state index in [2.05, 4.69) is 10.6 Å². The molecule has 216 valence electrons. The summed E-state index contributed by atoms with van der Waals surface area (Å²) in [5.74, 6) is -2.56. The second-order valence-electron chi connectivity index (χ2n) is 10.4. The molecule has 0 fully saturated rings. The summed E-state index contributed by atoms with van der Waals surface area (Å²) in [4.78, 5) is 52.5. The predicted molar refractivity (Wildman–Crippen MR) is 157 cm³/mol. The molecule has 1 atom stereocenters. The molecule has 0 aromatic heterocycles. The van der Waals surface area contributed by atoms with Gasteiger partial charge in [0.25, 0.3) is 0 Å². The number of nitrogens with one attached hydrogen (secondary N) is 2. The van der Waals surface area contributed by atoms with E-state index in [1.54, 1.807) is 18.7 Å². The lowest BCUT2D eigenvalue weighted by atomic mass is 9.70. The van der Waals surface area contributed by atoms with Gasteiger partial charge in [-0.2, -0.15) is 0 Å². The van der Waals surface area contributed by atoms with Gasteiger partial charge in [-0.1, -0.05) is 18.6 Å². The van der Waals surface area contributed by atoms with Crippen molar-refractivity contribution in [3.8, 4) is 17.2 Å². The molecule has 1 unspecified atom stereocenters. The van der Waals surface area contributed by atoms with Crippen LogP contribution >= 0.6 is 11.8 Å². The molecule has 0 spiro atoms. The number of anilines is 1. The van der Waals surface area contributed by atoms with E-state index in [4.69, 9.17) is 4.74 Å². The van der Waals surface area contributed by atoms with Crippen molar-refractivity contribution in [3.05, 3.63) is 64.1 Å². The summed E-state index contributed by atoms with van der Waals surface area (Å²) in [5, 5.41) is 27.5. The van der Waals surface area contributed by atoms with E-state index in [1.807, 2.05) is 30.5 Å². The summed E-state index contributed by atoms with van der Waals surface area (Å²) in [6.45, 7) is 6.35. The Balaban J connectivity index is 1.42. The number of unbranched alkanes of at least 4 members (excludes halogenated alkanes) is 2. The van der Waals surface area contributed by atoms with Crippen LogP contribution in [0.25, 0.3) is 0 Å². The standard InChI is InChI=1S/C31H34N2O7S/c1-16-27(37)25(18(3)34)29-26(28(16)38)31(4)22(40-29)15-20(35)24(30(31)39)17(2)32-14-10-6-7-13-23(36)33-19-11-8-9-12-21(19)41-5/h8-9,11-12,15,32,37-38H,6-7,10,13-14H2,1-5H3,(H,33,36)/b24-17+. The summed E-state index contributed by atoms with van der Waals surface area (Å²) >= 11 is 1.57. The fraction of sp³-hybridized carbons (Fsp3) is 0.355. The highest BCUT2D eigenvalue weighted by Crippen LogP contribution is 2.57. The Bertz CT molecular complexity index is 1520. The highest BCUT2D eigenvalue weighted by Gasteiger charge is 2.56. The van der Waals surface area contributed by atoms with E-state index < -0.39 is 28.5 Å². The van der Waals surface area contributed by atoms with Gasteiger partial charge in [-0.25, -0.2) is 0 Å². The maximum absolute atomic E-state index is 13.8. The lowest BCUT2D eigenvalue weighted by molar-refractivity contribution is -0.123. The molecule has 10 heteroatoms. The molecule has 2 aromatic rings. The van der Waals surface area contributed by atoms with Crippen molar-refractivity contribution in [2.75, 3.05) is 18.1 Å². The molecule has 1 heterocycles. The van der Waals surface area contributed by atoms with Crippen LogP contribution in [0.1, 0.15) is 67.9 Å². The number of ketones is 3. The Morgan fingerprint density at radius 1 is 1.05 bits per heavy atom. The number of hydrogen-bond donors (Lipinski definition) is 4. The van der Waals surface area contributed by atoms with Crippen LogP contribution < -0.4 is 15.4 Å². The number of phenols is 2. The van der Waals surface area contributed by atoms with E-state index in [1.165, 1.54) is 26.8 Å². The van der Waals surface area contributed by atoms with Gasteiger partial charge in [0.15, 0.2) is 17.3 Å². The van der Waals surface area contributed by atoms with E-state index >= 15 is 0 Å². The third kappa shape index (κ3) is 5.36. The van der Waals surface area contributed by atoms with Gasteiger partial charge < -0.3 is 25.6 Å². The molecule has 0 saturated heterocycles. The maximum atomic E-state index is 13.8. The Hall–Kier alpha value is -4.05. The first kappa shape index (κ1) is 29.9. The van der Waals surface area contributed by atoms with Gasteiger partial charge in [0, 0.05) is 35.2 Å². The average molecular weight is 579 g/mol. The van der Waals surface area contributed by atoms with Crippen LogP contribution in [0.2, 0.25) is 0 Å². The molecule has 0 bridgehead atoms. The number of carbonyl (C=O) groups excluding carboxylic acids is 4. The van der Waals surface area contributed by atoms with Crippen molar-refractivity contribution >= 4 is 40.7 Å². The highest BCUT2D eigenvalue weighted by atomic mass is 32.2. The lowest BCUT2D eigenvalue weighted by Crippen LogP contribution is -2.41. The second kappa shape index (κ2) is 11.8. The van der Waals surface area contributed by atoms with E-state index in [0.717, 1.165) is 17.0 Å². The van der Waals surface area contributed by atoms with Crippen LogP contribution in [-0.4, -0.2) is 46.3 Å². The molecule has 1 amide bonds. The highest BCUT2D eigenvalue weighted by molar-refractivity contribution is 7.98. The fourth-order valence-corrected chi connectivity index (χ4v) is 5.83. The minimum Gasteiger partial charge on any atom is -0.507 e. The third-order valence-corrected chi connectivity index (χ3v) is 8.41. The summed E-state index contributed by atoms with van der Waals surface area (Å²) in [6.07, 6.45) is 5.71. The van der Waals surface area contributed by atoms with Crippen LogP contribution in [0.5, 0.6) is 17.2 Å². The molecule has 0 radical (unpaired) electrons. The van der Waals surface area contributed by atoms with Gasteiger partial charge in [-0.15, -0.1) is 11.8 Å².